The first kappa shape index (κ1) is 26.7. The third kappa shape index (κ3) is 6.49. The highest BCUT2D eigenvalue weighted by Crippen LogP contribution is 2.30. The first-order chi connectivity index (χ1) is 18.5. The largest absolute Gasteiger partial charge is 0.495 e. The molecule has 0 bridgehead atoms. The first-order valence-electron chi connectivity index (χ1n) is 12.9. The fourth-order valence-electron chi connectivity index (χ4n) is 4.86. The third-order valence-electron chi connectivity index (χ3n) is 6.96. The van der Waals surface area contributed by atoms with Gasteiger partial charge in [-0.25, -0.2) is 4.79 Å². The van der Waals surface area contributed by atoms with Crippen molar-refractivity contribution in [2.45, 2.75) is 38.6 Å². The lowest BCUT2D eigenvalue weighted by Gasteiger charge is -2.30. The maximum atomic E-state index is 13.7. The zero-order valence-corrected chi connectivity index (χ0v) is 21.9. The lowest BCUT2D eigenvalue weighted by molar-refractivity contribution is -0.134. The molecular weight excluding hydrogens is 476 g/mol. The molecular formula is C32H32N2O4. The molecule has 0 atom stereocenters. The summed E-state index contributed by atoms with van der Waals surface area (Å²) in [6.07, 6.45) is 8.22. The Bertz CT molecular complexity index is 1350. The van der Waals surface area contributed by atoms with Gasteiger partial charge in [0.15, 0.2) is 0 Å². The number of benzene rings is 3. The molecule has 0 radical (unpaired) electrons. The molecule has 6 heteroatoms. The highest BCUT2D eigenvalue weighted by Gasteiger charge is 2.27. The van der Waals surface area contributed by atoms with Crippen molar-refractivity contribution in [3.8, 4) is 22.9 Å². The second-order valence-corrected chi connectivity index (χ2v) is 9.43. The molecule has 3 aromatic rings. The van der Waals surface area contributed by atoms with Gasteiger partial charge in [-0.15, -0.1) is 0 Å². The van der Waals surface area contributed by atoms with Crippen LogP contribution in [0.2, 0.25) is 0 Å². The maximum Gasteiger partial charge on any atom is 0.330 e. The minimum atomic E-state index is -0.426. The van der Waals surface area contributed by atoms with Crippen molar-refractivity contribution in [3.63, 3.8) is 0 Å². The monoisotopic (exact) mass is 508 g/mol. The van der Waals surface area contributed by atoms with Crippen molar-refractivity contribution in [1.82, 2.24) is 0 Å². The van der Waals surface area contributed by atoms with Crippen molar-refractivity contribution in [1.29, 1.82) is 5.26 Å². The van der Waals surface area contributed by atoms with Gasteiger partial charge in [-0.05, 0) is 65.4 Å². The Morgan fingerprint density at radius 3 is 2.39 bits per heavy atom. The zero-order valence-electron chi connectivity index (χ0n) is 21.9. The maximum absolute atomic E-state index is 13.7. The van der Waals surface area contributed by atoms with Crippen molar-refractivity contribution in [2.24, 2.45) is 5.92 Å². The van der Waals surface area contributed by atoms with E-state index in [4.69, 9.17) is 9.47 Å². The first-order valence-corrected chi connectivity index (χ1v) is 12.9. The number of carbonyl (C=O) groups is 2. The molecule has 1 amide bonds. The molecule has 0 aromatic heterocycles. The number of nitriles is 1. The number of carbonyl (C=O) groups excluding carboxylic acids is 2. The minimum Gasteiger partial charge on any atom is -0.495 e. The van der Waals surface area contributed by atoms with Crippen LogP contribution in [0.15, 0.2) is 72.8 Å². The fourth-order valence-corrected chi connectivity index (χ4v) is 4.86. The van der Waals surface area contributed by atoms with Crippen molar-refractivity contribution < 1.29 is 19.1 Å². The molecule has 0 aliphatic heterocycles. The van der Waals surface area contributed by atoms with Gasteiger partial charge >= 0.3 is 5.97 Å². The molecule has 1 aliphatic rings. The summed E-state index contributed by atoms with van der Waals surface area (Å²) >= 11 is 0. The highest BCUT2D eigenvalue weighted by molar-refractivity contribution is 5.95. The normalized spacial score (nSPS) is 13.6. The second-order valence-electron chi connectivity index (χ2n) is 9.43. The molecule has 1 aliphatic carbocycles. The van der Waals surface area contributed by atoms with Crippen molar-refractivity contribution in [2.75, 3.05) is 19.1 Å². The Kier molecular flexibility index (Phi) is 8.94. The van der Waals surface area contributed by atoms with Crippen LogP contribution in [0.4, 0.5) is 5.69 Å². The molecule has 0 heterocycles. The second kappa shape index (κ2) is 12.7. The third-order valence-corrected chi connectivity index (χ3v) is 6.96. The summed E-state index contributed by atoms with van der Waals surface area (Å²) in [6.45, 7) is 0.436. The van der Waals surface area contributed by atoms with E-state index in [0.717, 1.165) is 53.6 Å². The van der Waals surface area contributed by atoms with E-state index >= 15 is 0 Å². The molecule has 0 unspecified atom stereocenters. The van der Waals surface area contributed by atoms with Crippen LogP contribution in [0, 0.1) is 17.2 Å². The average molecular weight is 509 g/mol. The van der Waals surface area contributed by atoms with Crippen LogP contribution in [0.5, 0.6) is 5.75 Å². The predicted molar refractivity (Wildman–Crippen MR) is 148 cm³/mol. The van der Waals surface area contributed by atoms with Crippen LogP contribution in [-0.2, 0) is 20.9 Å². The fraction of sp³-hybridized carbons (Fsp3) is 0.281. The summed E-state index contributed by atoms with van der Waals surface area (Å²) in [6, 6.07) is 23.4. The summed E-state index contributed by atoms with van der Waals surface area (Å²) in [5.41, 5.74) is 5.01. The number of hydrogen-bond donors (Lipinski definition) is 0. The van der Waals surface area contributed by atoms with E-state index < -0.39 is 5.97 Å². The van der Waals surface area contributed by atoms with E-state index in [9.17, 15) is 14.9 Å². The van der Waals surface area contributed by atoms with E-state index in [0.29, 0.717) is 17.9 Å². The molecule has 1 saturated carbocycles. The molecule has 0 N–H and O–H groups in total. The number of methoxy groups -OCH3 is 2. The van der Waals surface area contributed by atoms with Crippen LogP contribution in [0.1, 0.15) is 48.8 Å². The van der Waals surface area contributed by atoms with E-state index in [2.05, 4.69) is 6.07 Å². The predicted octanol–water partition coefficient (Wildman–Crippen LogP) is 6.53. The molecule has 0 saturated heterocycles. The SMILES string of the molecule is COC(=O)/C=C/c1cccc(N(Cc2ccc(-c3ccc(OC)c(C#N)c3)cc2)C(=O)C2CCCCC2)c1. The molecule has 194 valence electrons. The number of esters is 1. The van der Waals surface area contributed by atoms with Gasteiger partial charge in [-0.2, -0.15) is 5.26 Å². The number of rotatable bonds is 8. The Balaban J connectivity index is 1.61. The van der Waals surface area contributed by atoms with Gasteiger partial charge < -0.3 is 14.4 Å². The summed E-state index contributed by atoms with van der Waals surface area (Å²) in [5.74, 6) is 0.274. The quantitative estimate of drug-likeness (QED) is 0.255. The standard InChI is InChI=1S/C32H32N2O4/c1-37-30-17-16-27(20-28(30)21-33)25-14-11-24(12-15-25)22-34(32(36)26-8-4-3-5-9-26)29-10-6-7-23(19-29)13-18-31(35)38-2/h6-7,10-20,26H,3-5,8-9,22H2,1-2H3/b18-13+. The van der Waals surface area contributed by atoms with Crippen LogP contribution in [0.25, 0.3) is 17.2 Å². The summed E-state index contributed by atoms with van der Waals surface area (Å²) in [4.78, 5) is 27.2. The van der Waals surface area contributed by atoms with Gasteiger partial charge in [-0.1, -0.05) is 61.7 Å². The number of amides is 1. The van der Waals surface area contributed by atoms with E-state index in [1.807, 2.05) is 65.6 Å². The smallest absolute Gasteiger partial charge is 0.330 e. The van der Waals surface area contributed by atoms with E-state index in [-0.39, 0.29) is 11.8 Å². The molecule has 0 spiro atoms. The summed E-state index contributed by atoms with van der Waals surface area (Å²) < 4.78 is 9.96. The topological polar surface area (TPSA) is 79.6 Å². The molecule has 6 nitrogen and oxygen atoms in total. The van der Waals surface area contributed by atoms with Crippen LogP contribution >= 0.6 is 0 Å². The minimum absolute atomic E-state index is 0.0148. The highest BCUT2D eigenvalue weighted by atomic mass is 16.5. The summed E-state index contributed by atoms with van der Waals surface area (Å²) in [5, 5.41) is 9.43. The van der Waals surface area contributed by atoms with E-state index in [1.54, 1.807) is 19.3 Å². The van der Waals surface area contributed by atoms with Gasteiger partial charge in [0.05, 0.1) is 26.3 Å². The number of ether oxygens (including phenoxy) is 2. The van der Waals surface area contributed by atoms with E-state index in [1.165, 1.54) is 19.6 Å². The number of anilines is 1. The lowest BCUT2D eigenvalue weighted by Crippen LogP contribution is -2.36. The Hall–Kier alpha value is -4.37. The molecule has 3 aromatic carbocycles. The molecule has 4 rings (SSSR count). The van der Waals surface area contributed by atoms with Gasteiger partial charge in [0, 0.05) is 17.7 Å². The molecule has 38 heavy (non-hydrogen) atoms. The zero-order chi connectivity index (χ0) is 26.9. The molecule has 1 fully saturated rings. The lowest BCUT2D eigenvalue weighted by atomic mass is 9.88. The van der Waals surface area contributed by atoms with Gasteiger partial charge in [-0.3, -0.25) is 4.79 Å². The van der Waals surface area contributed by atoms with Crippen LogP contribution in [-0.4, -0.2) is 26.1 Å². The summed E-state index contributed by atoms with van der Waals surface area (Å²) in [7, 11) is 2.89. The Labute approximate surface area is 224 Å². The van der Waals surface area contributed by atoms with Gasteiger partial charge in [0.25, 0.3) is 0 Å². The van der Waals surface area contributed by atoms with Crippen LogP contribution in [0.3, 0.4) is 0 Å². The number of hydrogen-bond acceptors (Lipinski definition) is 5. The average Bonchev–Trinajstić information content (AvgIpc) is 2.98. The van der Waals surface area contributed by atoms with Gasteiger partial charge in [0.2, 0.25) is 5.91 Å². The van der Waals surface area contributed by atoms with Crippen molar-refractivity contribution >= 4 is 23.6 Å². The van der Waals surface area contributed by atoms with Crippen molar-refractivity contribution in [3.05, 3.63) is 89.5 Å². The van der Waals surface area contributed by atoms with Gasteiger partial charge in [0.1, 0.15) is 11.8 Å². The number of nitrogens with zero attached hydrogens (tertiary/aromatic N) is 2. The Morgan fingerprint density at radius 2 is 1.71 bits per heavy atom. The Morgan fingerprint density at radius 1 is 0.974 bits per heavy atom. The van der Waals surface area contributed by atoms with Crippen LogP contribution < -0.4 is 9.64 Å².